The van der Waals surface area contributed by atoms with Crippen molar-refractivity contribution in [3.63, 3.8) is 0 Å². The topological polar surface area (TPSA) is 27.0 Å². The molecule has 13 heavy (non-hydrogen) atoms. The molecule has 2 nitrogen and oxygen atoms in total. The number of nitriles is 1. The van der Waals surface area contributed by atoms with E-state index < -0.39 is 0 Å². The first-order valence-corrected chi connectivity index (χ1v) is 5.25. The third-order valence-corrected chi connectivity index (χ3v) is 3.15. The van der Waals surface area contributed by atoms with Gasteiger partial charge in [-0.3, -0.25) is 0 Å². The fourth-order valence-corrected chi connectivity index (χ4v) is 1.69. The highest BCUT2D eigenvalue weighted by Crippen LogP contribution is 2.25. The summed E-state index contributed by atoms with van der Waals surface area (Å²) in [5, 5.41) is 8.94. The molecule has 1 rings (SSSR count). The van der Waals surface area contributed by atoms with E-state index in [1.165, 1.54) is 19.3 Å². The van der Waals surface area contributed by atoms with E-state index in [0.29, 0.717) is 5.92 Å². The van der Waals surface area contributed by atoms with Crippen LogP contribution in [0.15, 0.2) is 0 Å². The number of rotatable bonds is 4. The molecule has 1 aliphatic rings. The predicted octanol–water partition coefficient (Wildman–Crippen LogP) is 2.27. The van der Waals surface area contributed by atoms with Gasteiger partial charge in [0, 0.05) is 12.6 Å². The van der Waals surface area contributed by atoms with Crippen LogP contribution >= 0.6 is 0 Å². The Labute approximate surface area is 81.5 Å². The summed E-state index contributed by atoms with van der Waals surface area (Å²) in [6.07, 6.45) is 4.02. The number of nitrogens with zero attached hydrogens (tertiary/aromatic N) is 2. The molecule has 1 unspecified atom stereocenters. The van der Waals surface area contributed by atoms with E-state index in [0.717, 1.165) is 12.6 Å². The summed E-state index contributed by atoms with van der Waals surface area (Å²) in [6.45, 7) is 5.20. The van der Waals surface area contributed by atoms with Crippen LogP contribution in [-0.4, -0.2) is 24.5 Å². The first kappa shape index (κ1) is 10.5. The van der Waals surface area contributed by atoms with Crippen LogP contribution in [0.1, 0.15) is 33.1 Å². The zero-order valence-corrected chi connectivity index (χ0v) is 8.95. The Kier molecular flexibility index (Phi) is 3.74. The van der Waals surface area contributed by atoms with E-state index in [4.69, 9.17) is 5.26 Å². The summed E-state index contributed by atoms with van der Waals surface area (Å²) in [7, 11) is 2.15. The van der Waals surface area contributed by atoms with Gasteiger partial charge < -0.3 is 4.90 Å². The first-order valence-electron chi connectivity index (χ1n) is 5.25. The second-order valence-corrected chi connectivity index (χ2v) is 4.50. The lowest BCUT2D eigenvalue weighted by Crippen LogP contribution is -2.40. The summed E-state index contributed by atoms with van der Waals surface area (Å²) in [4.78, 5) is 2.36. The van der Waals surface area contributed by atoms with Crippen molar-refractivity contribution in [2.45, 2.75) is 39.2 Å². The molecule has 0 spiro atoms. The Morgan fingerprint density at radius 3 is 2.38 bits per heavy atom. The maximum atomic E-state index is 8.94. The van der Waals surface area contributed by atoms with Crippen molar-refractivity contribution < 1.29 is 0 Å². The molecule has 0 amide bonds. The van der Waals surface area contributed by atoms with E-state index in [1.807, 2.05) is 0 Å². The minimum Gasteiger partial charge on any atom is -0.302 e. The molecular weight excluding hydrogens is 160 g/mol. The molecule has 0 aromatic rings. The molecule has 1 saturated carbocycles. The maximum absolute atomic E-state index is 8.94. The number of hydrogen-bond acceptors (Lipinski definition) is 2. The van der Waals surface area contributed by atoms with Gasteiger partial charge in [-0.25, -0.2) is 0 Å². The lowest BCUT2D eigenvalue weighted by atomic mass is 9.89. The molecule has 1 atom stereocenters. The van der Waals surface area contributed by atoms with Gasteiger partial charge in [-0.1, -0.05) is 20.3 Å². The van der Waals surface area contributed by atoms with E-state index in [-0.39, 0.29) is 5.92 Å². The van der Waals surface area contributed by atoms with Gasteiger partial charge >= 0.3 is 0 Å². The highest BCUT2D eigenvalue weighted by atomic mass is 15.1. The van der Waals surface area contributed by atoms with Gasteiger partial charge in [0.25, 0.3) is 0 Å². The maximum Gasteiger partial charge on any atom is 0.0672 e. The van der Waals surface area contributed by atoms with E-state index in [1.54, 1.807) is 0 Å². The molecule has 1 aliphatic carbocycles. The third kappa shape index (κ3) is 2.70. The third-order valence-electron chi connectivity index (χ3n) is 3.15. The Hall–Kier alpha value is -0.550. The summed E-state index contributed by atoms with van der Waals surface area (Å²) in [5.74, 6) is 0.679. The molecule has 0 aliphatic heterocycles. The molecule has 74 valence electrons. The van der Waals surface area contributed by atoms with Crippen molar-refractivity contribution in [3.05, 3.63) is 0 Å². The van der Waals surface area contributed by atoms with Gasteiger partial charge in [0.05, 0.1) is 12.0 Å². The smallest absolute Gasteiger partial charge is 0.0672 e. The molecular formula is C11H20N2. The van der Waals surface area contributed by atoms with Crippen molar-refractivity contribution in [3.8, 4) is 6.07 Å². The molecule has 0 saturated heterocycles. The Balaban J connectivity index is 2.32. The molecule has 0 radical (unpaired) electrons. The Morgan fingerprint density at radius 1 is 1.46 bits per heavy atom. The van der Waals surface area contributed by atoms with Crippen LogP contribution in [0.3, 0.4) is 0 Å². The van der Waals surface area contributed by atoms with Crippen molar-refractivity contribution in [2.75, 3.05) is 13.6 Å². The summed E-state index contributed by atoms with van der Waals surface area (Å²) in [5.41, 5.74) is 0. The molecule has 1 fully saturated rings. The monoisotopic (exact) mass is 180 g/mol. The zero-order valence-electron chi connectivity index (χ0n) is 8.95. The van der Waals surface area contributed by atoms with Gasteiger partial charge in [0.15, 0.2) is 0 Å². The quantitative estimate of drug-likeness (QED) is 0.663. The molecule has 0 aromatic heterocycles. The standard InChI is InChI=1S/C11H20N2/c1-9(2)10(7-12)8-13(3)11-5-4-6-11/h9-11H,4-6,8H2,1-3H3. The minimum absolute atomic E-state index is 0.200. The average Bonchev–Trinajstić information content (AvgIpc) is 1.96. The summed E-state index contributed by atoms with van der Waals surface area (Å²) < 4.78 is 0. The van der Waals surface area contributed by atoms with Crippen LogP contribution in [0.25, 0.3) is 0 Å². The molecule has 0 bridgehead atoms. The molecule has 2 heteroatoms. The van der Waals surface area contributed by atoms with E-state index in [9.17, 15) is 0 Å². The predicted molar refractivity (Wildman–Crippen MR) is 54.2 cm³/mol. The van der Waals surface area contributed by atoms with Crippen molar-refractivity contribution in [1.82, 2.24) is 4.90 Å². The Bertz CT molecular complexity index is 189. The summed E-state index contributed by atoms with van der Waals surface area (Å²) in [6, 6.07) is 3.15. The second-order valence-electron chi connectivity index (χ2n) is 4.50. The van der Waals surface area contributed by atoms with Crippen LogP contribution in [-0.2, 0) is 0 Å². The van der Waals surface area contributed by atoms with Crippen LogP contribution in [0.2, 0.25) is 0 Å². The van der Waals surface area contributed by atoms with Gasteiger partial charge in [-0.05, 0) is 25.8 Å². The minimum atomic E-state index is 0.200. The largest absolute Gasteiger partial charge is 0.302 e. The van der Waals surface area contributed by atoms with Gasteiger partial charge in [0.1, 0.15) is 0 Å². The van der Waals surface area contributed by atoms with Crippen molar-refractivity contribution in [1.29, 1.82) is 5.26 Å². The molecule has 0 N–H and O–H groups in total. The highest BCUT2D eigenvalue weighted by Gasteiger charge is 2.24. The molecule has 0 heterocycles. The van der Waals surface area contributed by atoms with Gasteiger partial charge in [0.2, 0.25) is 0 Å². The van der Waals surface area contributed by atoms with E-state index >= 15 is 0 Å². The highest BCUT2D eigenvalue weighted by molar-refractivity contribution is 4.89. The summed E-state index contributed by atoms with van der Waals surface area (Å²) >= 11 is 0. The normalized spacial score (nSPS) is 20.0. The lowest BCUT2D eigenvalue weighted by molar-refractivity contribution is 0.138. The van der Waals surface area contributed by atoms with E-state index in [2.05, 4.69) is 31.9 Å². The van der Waals surface area contributed by atoms with Crippen LogP contribution in [0.4, 0.5) is 0 Å². The zero-order chi connectivity index (χ0) is 9.84. The molecule has 0 aromatic carbocycles. The SMILES string of the molecule is CC(C)C(C#N)CN(C)C1CCC1. The van der Waals surface area contributed by atoms with Crippen LogP contribution < -0.4 is 0 Å². The Morgan fingerprint density at radius 2 is 2.08 bits per heavy atom. The fourth-order valence-electron chi connectivity index (χ4n) is 1.69. The van der Waals surface area contributed by atoms with Gasteiger partial charge in [-0.2, -0.15) is 5.26 Å². The average molecular weight is 180 g/mol. The fraction of sp³-hybridized carbons (Fsp3) is 0.909. The van der Waals surface area contributed by atoms with Crippen molar-refractivity contribution in [2.24, 2.45) is 11.8 Å². The van der Waals surface area contributed by atoms with Crippen molar-refractivity contribution >= 4 is 0 Å². The van der Waals surface area contributed by atoms with Crippen LogP contribution in [0.5, 0.6) is 0 Å². The van der Waals surface area contributed by atoms with Crippen LogP contribution in [0, 0.1) is 23.2 Å². The lowest BCUT2D eigenvalue weighted by Gasteiger charge is -2.36. The van der Waals surface area contributed by atoms with Gasteiger partial charge in [-0.15, -0.1) is 0 Å². The number of hydrogen-bond donors (Lipinski definition) is 0. The first-order chi connectivity index (χ1) is 6.15. The second kappa shape index (κ2) is 4.62.